The monoisotopic (exact) mass is 531 g/mol. The number of sulfonamides is 1. The third kappa shape index (κ3) is 7.96. The second kappa shape index (κ2) is 12.8. The Kier molecular flexibility index (Phi) is 9.75. The highest BCUT2D eigenvalue weighted by molar-refractivity contribution is 7.89. The van der Waals surface area contributed by atoms with Crippen LogP contribution in [0.3, 0.4) is 0 Å². The smallest absolute Gasteiger partial charge is 0.213 e. The van der Waals surface area contributed by atoms with E-state index in [0.717, 1.165) is 50.2 Å². The molecule has 36 heavy (non-hydrogen) atoms. The van der Waals surface area contributed by atoms with E-state index in [1.807, 2.05) is 6.20 Å². The zero-order valence-electron chi connectivity index (χ0n) is 21.9. The van der Waals surface area contributed by atoms with Crippen LogP contribution in [0.4, 0.5) is 0 Å². The summed E-state index contributed by atoms with van der Waals surface area (Å²) >= 11 is 1.73. The second-order valence-corrected chi connectivity index (χ2v) is 13.4. The standard InChI is InChI=1S/C28H41N3O3S2/c1-21(2)34-27-14-13-24(19-22(27)3)28-29-20-25(35-28)11-5-4-9-23-10-8-12-26(23)30-36(32,33)18-17-31-15-6-7-16-31/h4-5,9,13,19-21,26-27,30H,6-8,10-12,14-18H2,1-3H3. The van der Waals surface area contributed by atoms with Gasteiger partial charge in [-0.2, -0.15) is 0 Å². The maximum Gasteiger partial charge on any atom is 0.213 e. The van der Waals surface area contributed by atoms with Crippen molar-refractivity contribution in [1.29, 1.82) is 0 Å². The van der Waals surface area contributed by atoms with Crippen molar-refractivity contribution in [1.82, 2.24) is 14.6 Å². The summed E-state index contributed by atoms with van der Waals surface area (Å²) < 4.78 is 34.2. The highest BCUT2D eigenvalue weighted by Crippen LogP contribution is 2.30. The van der Waals surface area contributed by atoms with Gasteiger partial charge in [0.15, 0.2) is 0 Å². The van der Waals surface area contributed by atoms with Crippen LogP contribution >= 0.6 is 11.3 Å². The summed E-state index contributed by atoms with van der Waals surface area (Å²) in [5.74, 6) is 0.191. The van der Waals surface area contributed by atoms with Crippen LogP contribution in [0.1, 0.15) is 69.2 Å². The van der Waals surface area contributed by atoms with E-state index in [9.17, 15) is 8.42 Å². The van der Waals surface area contributed by atoms with Gasteiger partial charge in [0.1, 0.15) is 5.01 Å². The first-order valence-electron chi connectivity index (χ1n) is 13.4. The summed E-state index contributed by atoms with van der Waals surface area (Å²) in [6.07, 6.45) is 20.0. The van der Waals surface area contributed by atoms with E-state index in [4.69, 9.17) is 4.74 Å². The molecule has 1 aliphatic heterocycles. The van der Waals surface area contributed by atoms with E-state index in [-0.39, 0.29) is 24.0 Å². The Morgan fingerprint density at radius 3 is 2.83 bits per heavy atom. The average Bonchev–Trinajstić information content (AvgIpc) is 3.59. The Balaban J connectivity index is 1.27. The van der Waals surface area contributed by atoms with Gasteiger partial charge in [-0.05, 0) is 78.0 Å². The fourth-order valence-electron chi connectivity index (χ4n) is 5.10. The molecule has 1 N–H and O–H groups in total. The lowest BCUT2D eigenvalue weighted by Gasteiger charge is -2.23. The van der Waals surface area contributed by atoms with Crippen LogP contribution in [-0.2, 0) is 21.2 Å². The maximum absolute atomic E-state index is 12.6. The summed E-state index contributed by atoms with van der Waals surface area (Å²) in [6.45, 7) is 8.97. The second-order valence-electron chi connectivity index (χ2n) is 10.4. The molecule has 1 aromatic rings. The summed E-state index contributed by atoms with van der Waals surface area (Å²) in [4.78, 5) is 8.12. The van der Waals surface area contributed by atoms with Crippen LogP contribution in [0, 0.1) is 0 Å². The molecular weight excluding hydrogens is 490 g/mol. The van der Waals surface area contributed by atoms with Crippen LogP contribution in [-0.4, -0.2) is 61.9 Å². The van der Waals surface area contributed by atoms with Crippen LogP contribution in [0.15, 0.2) is 47.7 Å². The zero-order chi connectivity index (χ0) is 25.5. The van der Waals surface area contributed by atoms with Gasteiger partial charge in [-0.25, -0.2) is 18.1 Å². The van der Waals surface area contributed by atoms with Crippen molar-refractivity contribution >= 4 is 26.9 Å². The predicted octanol–water partition coefficient (Wildman–Crippen LogP) is 5.26. The van der Waals surface area contributed by atoms with Gasteiger partial charge in [0.05, 0.1) is 18.0 Å². The molecule has 0 aromatic carbocycles. The number of nitrogens with one attached hydrogen (secondary N) is 1. The highest BCUT2D eigenvalue weighted by atomic mass is 32.2. The number of ether oxygens (including phenoxy) is 1. The minimum atomic E-state index is -3.26. The van der Waals surface area contributed by atoms with Gasteiger partial charge in [0, 0.05) is 35.7 Å². The lowest BCUT2D eigenvalue weighted by atomic mass is 9.98. The van der Waals surface area contributed by atoms with Gasteiger partial charge in [-0.3, -0.25) is 0 Å². The molecule has 0 amide bonds. The van der Waals surface area contributed by atoms with E-state index >= 15 is 0 Å². The number of nitrogens with zero attached hydrogens (tertiary/aromatic N) is 2. The molecule has 1 saturated heterocycles. The number of allylic oxidation sites excluding steroid dienone is 5. The van der Waals surface area contributed by atoms with Crippen LogP contribution < -0.4 is 4.72 Å². The highest BCUT2D eigenvalue weighted by Gasteiger charge is 2.26. The van der Waals surface area contributed by atoms with Gasteiger partial charge in [-0.15, -0.1) is 11.3 Å². The third-order valence-electron chi connectivity index (χ3n) is 7.05. The third-order valence-corrected chi connectivity index (χ3v) is 9.48. The summed E-state index contributed by atoms with van der Waals surface area (Å²) in [5.41, 5.74) is 3.62. The molecule has 198 valence electrons. The largest absolute Gasteiger partial charge is 0.371 e. The molecular formula is C28H41N3O3S2. The van der Waals surface area contributed by atoms with Crippen molar-refractivity contribution in [3.63, 3.8) is 0 Å². The molecule has 0 radical (unpaired) electrons. The zero-order valence-corrected chi connectivity index (χ0v) is 23.5. The quantitative estimate of drug-likeness (QED) is 0.422. The van der Waals surface area contributed by atoms with Crippen molar-refractivity contribution in [2.24, 2.45) is 0 Å². The summed E-state index contributed by atoms with van der Waals surface area (Å²) in [5, 5.41) is 1.05. The molecule has 3 aliphatic rings. The number of hydrogen-bond donors (Lipinski definition) is 1. The Morgan fingerprint density at radius 1 is 1.28 bits per heavy atom. The lowest BCUT2D eigenvalue weighted by Crippen LogP contribution is -2.38. The molecule has 0 bridgehead atoms. The van der Waals surface area contributed by atoms with Crippen LogP contribution in [0.2, 0.25) is 0 Å². The molecule has 0 spiro atoms. The molecule has 2 atom stereocenters. The summed E-state index contributed by atoms with van der Waals surface area (Å²) in [6, 6.07) is -0.0648. The number of rotatable bonds is 11. The normalized spacial score (nSPS) is 24.8. The van der Waals surface area contributed by atoms with Crippen molar-refractivity contribution < 1.29 is 13.2 Å². The van der Waals surface area contributed by atoms with E-state index in [1.54, 1.807) is 11.3 Å². The van der Waals surface area contributed by atoms with Crippen molar-refractivity contribution in [2.75, 3.05) is 25.4 Å². The first kappa shape index (κ1) is 27.5. The van der Waals surface area contributed by atoms with E-state index in [1.165, 1.54) is 34.4 Å². The summed E-state index contributed by atoms with van der Waals surface area (Å²) in [7, 11) is -3.26. The average molecular weight is 532 g/mol. The van der Waals surface area contributed by atoms with Crippen molar-refractivity contribution in [3.05, 3.63) is 57.6 Å². The Bertz CT molecular complexity index is 1110. The topological polar surface area (TPSA) is 71.5 Å². The first-order chi connectivity index (χ1) is 17.3. The first-order valence-corrected chi connectivity index (χ1v) is 15.8. The molecule has 2 unspecified atom stereocenters. The van der Waals surface area contributed by atoms with Gasteiger partial charge >= 0.3 is 0 Å². The molecule has 1 saturated carbocycles. The number of likely N-dealkylation sites (tertiary alicyclic amines) is 1. The lowest BCUT2D eigenvalue weighted by molar-refractivity contribution is 0.0304. The molecule has 2 fully saturated rings. The molecule has 2 heterocycles. The van der Waals surface area contributed by atoms with Gasteiger partial charge < -0.3 is 9.64 Å². The Labute approximate surface area is 221 Å². The maximum atomic E-state index is 12.6. The number of thiazole rings is 1. The molecule has 4 rings (SSSR count). The fourth-order valence-corrected chi connectivity index (χ4v) is 7.32. The van der Waals surface area contributed by atoms with Crippen molar-refractivity contribution in [2.45, 2.75) is 84.0 Å². The Morgan fingerprint density at radius 2 is 2.08 bits per heavy atom. The van der Waals surface area contributed by atoms with Crippen molar-refractivity contribution in [3.8, 4) is 0 Å². The SMILES string of the molecule is CC1=CC(c2ncc(CC=CC=C3CCCC3NS(=O)(=O)CCN3CCCC3)s2)=CCC1OC(C)C. The fraction of sp³-hybridized carbons (Fsp3) is 0.607. The van der Waals surface area contributed by atoms with E-state index < -0.39 is 10.0 Å². The van der Waals surface area contributed by atoms with Gasteiger partial charge in [0.2, 0.25) is 10.0 Å². The predicted molar refractivity (Wildman–Crippen MR) is 150 cm³/mol. The minimum Gasteiger partial charge on any atom is -0.371 e. The molecule has 6 nitrogen and oxygen atoms in total. The molecule has 8 heteroatoms. The van der Waals surface area contributed by atoms with Gasteiger partial charge in [-0.1, -0.05) is 36.0 Å². The van der Waals surface area contributed by atoms with Gasteiger partial charge in [0.25, 0.3) is 0 Å². The Hall–Kier alpha value is -1.58. The number of aromatic nitrogens is 1. The minimum absolute atomic E-state index is 0.0648. The number of hydrogen-bond acceptors (Lipinski definition) is 6. The van der Waals surface area contributed by atoms with Crippen LogP contribution in [0.5, 0.6) is 0 Å². The van der Waals surface area contributed by atoms with E-state index in [2.05, 4.69) is 65.8 Å². The molecule has 2 aliphatic carbocycles. The van der Waals surface area contributed by atoms with E-state index in [0.29, 0.717) is 6.54 Å². The van der Waals surface area contributed by atoms with Crippen LogP contribution in [0.25, 0.3) is 5.57 Å². The molecule has 1 aromatic heterocycles.